The van der Waals surface area contributed by atoms with E-state index in [9.17, 15) is 13.6 Å². The number of pyridine rings is 1. The fraction of sp³-hybridized carbons (Fsp3) is 0.583. The highest BCUT2D eigenvalue weighted by Gasteiger charge is 2.39. The van der Waals surface area contributed by atoms with Crippen molar-refractivity contribution in [1.82, 2.24) is 4.57 Å². The Morgan fingerprint density at radius 1 is 1.53 bits per heavy atom. The van der Waals surface area contributed by atoms with Crippen molar-refractivity contribution in [2.45, 2.75) is 38.3 Å². The lowest BCUT2D eigenvalue weighted by Gasteiger charge is -2.13. The molecule has 1 atom stereocenters. The predicted molar refractivity (Wildman–Crippen MR) is 60.9 cm³/mol. The van der Waals surface area contributed by atoms with Gasteiger partial charge in [0.1, 0.15) is 0 Å². The molecule has 0 aliphatic heterocycles. The molecule has 1 heterocycles. The van der Waals surface area contributed by atoms with Gasteiger partial charge in [-0.3, -0.25) is 4.79 Å². The van der Waals surface area contributed by atoms with Crippen LogP contribution in [0.25, 0.3) is 0 Å². The topological polar surface area (TPSA) is 48.0 Å². The zero-order valence-electron chi connectivity index (χ0n) is 9.53. The summed E-state index contributed by atoms with van der Waals surface area (Å²) in [6.07, 6.45) is 1.93. The summed E-state index contributed by atoms with van der Waals surface area (Å²) in [5, 5.41) is 0. The van der Waals surface area contributed by atoms with Crippen molar-refractivity contribution in [3.63, 3.8) is 0 Å². The Labute approximate surface area is 98.2 Å². The maximum Gasteiger partial charge on any atom is 0.255 e. The van der Waals surface area contributed by atoms with Gasteiger partial charge >= 0.3 is 0 Å². The van der Waals surface area contributed by atoms with Gasteiger partial charge in [0, 0.05) is 37.7 Å². The van der Waals surface area contributed by atoms with Gasteiger partial charge in [0.05, 0.1) is 0 Å². The van der Waals surface area contributed by atoms with Gasteiger partial charge in [-0.05, 0) is 18.4 Å². The number of hydrogen-bond donors (Lipinski definition) is 1. The molecule has 0 bridgehead atoms. The lowest BCUT2D eigenvalue weighted by molar-refractivity contribution is 0.00432. The lowest BCUT2D eigenvalue weighted by Crippen LogP contribution is -2.27. The number of nitrogens with two attached hydrogens (primary N) is 1. The first-order valence-electron chi connectivity index (χ1n) is 5.78. The van der Waals surface area contributed by atoms with E-state index in [0.717, 1.165) is 0 Å². The van der Waals surface area contributed by atoms with Crippen LogP contribution in [-0.4, -0.2) is 10.5 Å². The standard InChI is InChI=1S/C12H16F2N2O/c13-12(14)4-3-9(6-12)8-16-5-1-2-10(7-15)11(16)17/h1-2,5,9H,3-4,6-8,15H2. The van der Waals surface area contributed by atoms with Crippen LogP contribution in [0.5, 0.6) is 0 Å². The summed E-state index contributed by atoms with van der Waals surface area (Å²) in [7, 11) is 0. The molecule has 1 saturated carbocycles. The first kappa shape index (κ1) is 12.2. The monoisotopic (exact) mass is 242 g/mol. The van der Waals surface area contributed by atoms with Crippen LogP contribution < -0.4 is 11.3 Å². The van der Waals surface area contributed by atoms with Gasteiger partial charge in [-0.15, -0.1) is 0 Å². The summed E-state index contributed by atoms with van der Waals surface area (Å²) in [6.45, 7) is 0.544. The van der Waals surface area contributed by atoms with Gasteiger partial charge in [-0.2, -0.15) is 0 Å². The van der Waals surface area contributed by atoms with E-state index in [1.165, 1.54) is 4.57 Å². The Kier molecular flexibility index (Phi) is 3.28. The SMILES string of the molecule is NCc1cccn(CC2CCC(F)(F)C2)c1=O. The molecular weight excluding hydrogens is 226 g/mol. The molecule has 94 valence electrons. The van der Waals surface area contributed by atoms with E-state index in [0.29, 0.717) is 18.5 Å². The molecule has 1 aromatic heterocycles. The fourth-order valence-electron chi connectivity index (χ4n) is 2.36. The van der Waals surface area contributed by atoms with Crippen LogP contribution in [0.15, 0.2) is 23.1 Å². The first-order chi connectivity index (χ1) is 8.02. The van der Waals surface area contributed by atoms with Crippen LogP contribution in [0.2, 0.25) is 0 Å². The van der Waals surface area contributed by atoms with Gasteiger partial charge in [-0.25, -0.2) is 8.78 Å². The van der Waals surface area contributed by atoms with E-state index in [1.54, 1.807) is 18.3 Å². The molecule has 1 fully saturated rings. The zero-order chi connectivity index (χ0) is 12.5. The summed E-state index contributed by atoms with van der Waals surface area (Å²) in [5.41, 5.74) is 5.80. The number of nitrogens with zero attached hydrogens (tertiary/aromatic N) is 1. The number of halogens is 2. The van der Waals surface area contributed by atoms with E-state index in [-0.39, 0.29) is 30.9 Å². The Bertz CT molecular complexity index is 456. The molecule has 0 radical (unpaired) electrons. The Balaban J connectivity index is 2.12. The van der Waals surface area contributed by atoms with E-state index in [2.05, 4.69) is 0 Å². The molecule has 3 nitrogen and oxygen atoms in total. The second-order valence-corrected chi connectivity index (χ2v) is 4.66. The van der Waals surface area contributed by atoms with E-state index in [1.807, 2.05) is 0 Å². The Morgan fingerprint density at radius 3 is 2.88 bits per heavy atom. The predicted octanol–water partition coefficient (Wildman–Crippen LogP) is 1.74. The summed E-state index contributed by atoms with van der Waals surface area (Å²) >= 11 is 0. The molecule has 1 unspecified atom stereocenters. The molecule has 0 amide bonds. The highest BCUT2D eigenvalue weighted by Crippen LogP contribution is 2.39. The van der Waals surface area contributed by atoms with Crippen molar-refractivity contribution < 1.29 is 8.78 Å². The molecule has 2 rings (SSSR count). The third-order valence-corrected chi connectivity index (χ3v) is 3.28. The van der Waals surface area contributed by atoms with Crippen molar-refractivity contribution in [3.8, 4) is 0 Å². The van der Waals surface area contributed by atoms with E-state index < -0.39 is 5.92 Å². The third-order valence-electron chi connectivity index (χ3n) is 3.28. The van der Waals surface area contributed by atoms with Gasteiger partial charge < -0.3 is 10.3 Å². The summed E-state index contributed by atoms with van der Waals surface area (Å²) in [4.78, 5) is 11.8. The minimum atomic E-state index is -2.56. The number of aromatic nitrogens is 1. The molecule has 0 spiro atoms. The van der Waals surface area contributed by atoms with Crippen LogP contribution >= 0.6 is 0 Å². The molecule has 0 aromatic carbocycles. The molecule has 1 aromatic rings. The molecule has 2 N–H and O–H groups in total. The largest absolute Gasteiger partial charge is 0.326 e. The Morgan fingerprint density at radius 2 is 2.29 bits per heavy atom. The quantitative estimate of drug-likeness (QED) is 0.877. The number of hydrogen-bond acceptors (Lipinski definition) is 2. The minimum absolute atomic E-state index is 0.0665. The highest BCUT2D eigenvalue weighted by molar-refractivity contribution is 5.09. The van der Waals surface area contributed by atoms with E-state index in [4.69, 9.17) is 5.73 Å². The lowest BCUT2D eigenvalue weighted by atomic mass is 10.1. The molecule has 1 aliphatic rings. The van der Waals surface area contributed by atoms with Crippen LogP contribution in [0, 0.1) is 5.92 Å². The zero-order valence-corrected chi connectivity index (χ0v) is 9.53. The fourth-order valence-corrected chi connectivity index (χ4v) is 2.36. The van der Waals surface area contributed by atoms with Crippen LogP contribution in [0.1, 0.15) is 24.8 Å². The maximum atomic E-state index is 13.0. The Hall–Kier alpha value is -1.23. The molecular formula is C12H16F2N2O. The van der Waals surface area contributed by atoms with Crippen LogP contribution in [0.3, 0.4) is 0 Å². The second kappa shape index (κ2) is 4.56. The first-order valence-corrected chi connectivity index (χ1v) is 5.78. The summed E-state index contributed by atoms with van der Waals surface area (Å²) in [6, 6.07) is 3.40. The third kappa shape index (κ3) is 2.72. The smallest absolute Gasteiger partial charge is 0.255 e. The molecule has 1 aliphatic carbocycles. The average Bonchev–Trinajstić information content (AvgIpc) is 2.61. The van der Waals surface area contributed by atoms with Crippen molar-refractivity contribution in [1.29, 1.82) is 0 Å². The van der Waals surface area contributed by atoms with Crippen molar-refractivity contribution >= 4 is 0 Å². The van der Waals surface area contributed by atoms with Gasteiger partial charge in [0.25, 0.3) is 5.56 Å². The minimum Gasteiger partial charge on any atom is -0.326 e. The van der Waals surface area contributed by atoms with Crippen LogP contribution in [-0.2, 0) is 13.1 Å². The van der Waals surface area contributed by atoms with Gasteiger partial charge in [0.2, 0.25) is 5.92 Å². The van der Waals surface area contributed by atoms with Gasteiger partial charge in [-0.1, -0.05) is 6.07 Å². The molecule has 5 heteroatoms. The van der Waals surface area contributed by atoms with Crippen molar-refractivity contribution in [3.05, 3.63) is 34.2 Å². The number of alkyl halides is 2. The average molecular weight is 242 g/mol. The maximum absolute atomic E-state index is 13.0. The summed E-state index contributed by atoms with van der Waals surface area (Å²) < 4.78 is 27.6. The molecule has 17 heavy (non-hydrogen) atoms. The molecule has 0 saturated heterocycles. The normalized spacial score (nSPS) is 22.9. The van der Waals surface area contributed by atoms with Crippen molar-refractivity contribution in [2.75, 3.05) is 0 Å². The number of rotatable bonds is 3. The van der Waals surface area contributed by atoms with Crippen LogP contribution in [0.4, 0.5) is 8.78 Å². The second-order valence-electron chi connectivity index (χ2n) is 4.66. The van der Waals surface area contributed by atoms with Gasteiger partial charge in [0.15, 0.2) is 0 Å². The summed E-state index contributed by atoms with van der Waals surface area (Å²) in [5.74, 6) is -2.67. The van der Waals surface area contributed by atoms with E-state index >= 15 is 0 Å². The van der Waals surface area contributed by atoms with Crippen molar-refractivity contribution in [2.24, 2.45) is 11.7 Å². The highest BCUT2D eigenvalue weighted by atomic mass is 19.3.